The second-order valence-corrected chi connectivity index (χ2v) is 7.06. The Labute approximate surface area is 140 Å². The van der Waals surface area contributed by atoms with Crippen LogP contribution >= 0.6 is 11.3 Å². The molecule has 0 N–H and O–H groups in total. The van der Waals surface area contributed by atoms with E-state index in [0.29, 0.717) is 18.1 Å². The molecule has 1 unspecified atom stereocenters. The highest BCUT2D eigenvalue weighted by atomic mass is 32.1. The molecule has 2 saturated heterocycles. The van der Waals surface area contributed by atoms with Crippen molar-refractivity contribution in [2.75, 3.05) is 36.0 Å². The fraction of sp³-hybridized carbons (Fsp3) is 0.571. The molecule has 0 radical (unpaired) electrons. The van der Waals surface area contributed by atoms with E-state index >= 15 is 0 Å². The van der Waals surface area contributed by atoms with Gasteiger partial charge in [0.05, 0.1) is 17.8 Å². The van der Waals surface area contributed by atoms with Crippen LogP contribution in [-0.2, 0) is 0 Å². The van der Waals surface area contributed by atoms with E-state index < -0.39 is 17.2 Å². The molecule has 2 aromatic rings. The summed E-state index contributed by atoms with van der Waals surface area (Å²) in [6, 6.07) is 0. The first-order chi connectivity index (χ1) is 11.5. The Balaban J connectivity index is 1.59. The first-order valence-corrected chi connectivity index (χ1v) is 8.49. The van der Waals surface area contributed by atoms with Crippen LogP contribution in [0.15, 0.2) is 17.9 Å². The van der Waals surface area contributed by atoms with Gasteiger partial charge in [-0.05, 0) is 6.42 Å². The van der Waals surface area contributed by atoms with Crippen molar-refractivity contribution in [3.05, 3.63) is 23.7 Å². The van der Waals surface area contributed by atoms with Crippen LogP contribution in [0.3, 0.4) is 0 Å². The van der Waals surface area contributed by atoms with E-state index in [1.807, 2.05) is 4.90 Å². The van der Waals surface area contributed by atoms with Crippen LogP contribution < -0.4 is 9.80 Å². The van der Waals surface area contributed by atoms with Gasteiger partial charge in [-0.3, -0.25) is 0 Å². The van der Waals surface area contributed by atoms with Crippen molar-refractivity contribution in [3.8, 4) is 0 Å². The maximum atomic E-state index is 14.7. The van der Waals surface area contributed by atoms with Crippen LogP contribution in [0.25, 0.3) is 0 Å². The van der Waals surface area contributed by atoms with Gasteiger partial charge in [0.25, 0.3) is 5.92 Å². The van der Waals surface area contributed by atoms with Gasteiger partial charge >= 0.3 is 0 Å². The number of halogens is 3. The van der Waals surface area contributed by atoms with Crippen LogP contribution in [0.5, 0.6) is 0 Å². The van der Waals surface area contributed by atoms with Crippen LogP contribution in [0.4, 0.5) is 24.3 Å². The number of alkyl halides is 2. The van der Waals surface area contributed by atoms with E-state index in [2.05, 4.69) is 20.2 Å². The molecule has 6 nitrogen and oxygen atoms in total. The lowest BCUT2D eigenvalue weighted by Crippen LogP contribution is -2.57. The Morgan fingerprint density at radius 2 is 1.75 bits per heavy atom. The Bertz CT molecular complexity index is 710. The molecule has 0 amide bonds. The van der Waals surface area contributed by atoms with Crippen molar-refractivity contribution in [3.63, 3.8) is 0 Å². The molecule has 0 saturated carbocycles. The van der Waals surface area contributed by atoms with Crippen LogP contribution in [0.2, 0.25) is 0 Å². The van der Waals surface area contributed by atoms with Gasteiger partial charge in [-0.2, -0.15) is 0 Å². The minimum atomic E-state index is -2.77. The zero-order valence-corrected chi connectivity index (χ0v) is 13.5. The molecule has 0 aliphatic carbocycles. The normalized spacial score (nSPS) is 26.3. The lowest BCUT2D eigenvalue weighted by atomic mass is 9.76. The minimum Gasteiger partial charge on any atom is -0.346 e. The van der Waals surface area contributed by atoms with Crippen molar-refractivity contribution in [1.82, 2.24) is 20.2 Å². The van der Waals surface area contributed by atoms with Gasteiger partial charge < -0.3 is 9.80 Å². The van der Waals surface area contributed by atoms with Gasteiger partial charge in [-0.25, -0.2) is 23.1 Å². The molecule has 4 heterocycles. The van der Waals surface area contributed by atoms with E-state index in [0.717, 1.165) is 12.4 Å². The van der Waals surface area contributed by atoms with Crippen molar-refractivity contribution < 1.29 is 13.2 Å². The van der Waals surface area contributed by atoms with Crippen molar-refractivity contribution in [1.29, 1.82) is 0 Å². The van der Waals surface area contributed by atoms with Gasteiger partial charge in [0.15, 0.2) is 5.82 Å². The molecule has 4 rings (SSSR count). The molecular formula is C14H15F3N6S. The Morgan fingerprint density at radius 1 is 1.04 bits per heavy atom. The maximum absolute atomic E-state index is 14.7. The number of nitrogens with zero attached hydrogens (tertiary/aromatic N) is 6. The molecule has 128 valence electrons. The summed E-state index contributed by atoms with van der Waals surface area (Å²) in [5.74, 6) is -3.03. The number of piperidine rings is 1. The van der Waals surface area contributed by atoms with Crippen molar-refractivity contribution in [2.24, 2.45) is 5.41 Å². The second kappa shape index (κ2) is 5.54. The third-order valence-corrected chi connectivity index (χ3v) is 5.58. The molecule has 2 aliphatic heterocycles. The number of hydrogen-bond donors (Lipinski definition) is 0. The summed E-state index contributed by atoms with van der Waals surface area (Å²) < 4.78 is 42.5. The van der Waals surface area contributed by atoms with Crippen LogP contribution in [0, 0.1) is 11.2 Å². The Hall–Kier alpha value is -1.97. The van der Waals surface area contributed by atoms with E-state index in [4.69, 9.17) is 0 Å². The minimum absolute atomic E-state index is 0.140. The van der Waals surface area contributed by atoms with E-state index in [1.165, 1.54) is 11.3 Å². The fourth-order valence-corrected chi connectivity index (χ4v) is 4.10. The predicted octanol–water partition coefficient (Wildman–Crippen LogP) is 2.21. The van der Waals surface area contributed by atoms with E-state index in [-0.39, 0.29) is 32.0 Å². The molecule has 1 atom stereocenters. The van der Waals surface area contributed by atoms with Gasteiger partial charge in [-0.15, -0.1) is 10.2 Å². The largest absolute Gasteiger partial charge is 0.346 e. The summed E-state index contributed by atoms with van der Waals surface area (Å²) >= 11 is 1.35. The predicted molar refractivity (Wildman–Crippen MR) is 82.9 cm³/mol. The van der Waals surface area contributed by atoms with Gasteiger partial charge in [0, 0.05) is 32.6 Å². The summed E-state index contributed by atoms with van der Waals surface area (Å²) in [4.78, 5) is 11.4. The van der Waals surface area contributed by atoms with Crippen LogP contribution in [0.1, 0.15) is 12.8 Å². The van der Waals surface area contributed by atoms with Gasteiger partial charge in [0.1, 0.15) is 5.51 Å². The highest BCUT2D eigenvalue weighted by molar-refractivity contribution is 7.13. The molecule has 1 spiro atoms. The van der Waals surface area contributed by atoms with Gasteiger partial charge in [-0.1, -0.05) is 11.3 Å². The summed E-state index contributed by atoms with van der Waals surface area (Å²) in [5.41, 5.74) is 0.413. The Kier molecular flexibility index (Phi) is 3.59. The summed E-state index contributed by atoms with van der Waals surface area (Å²) in [5, 5.41) is 8.46. The van der Waals surface area contributed by atoms with Crippen molar-refractivity contribution >= 4 is 22.4 Å². The number of aromatic nitrogens is 4. The summed E-state index contributed by atoms with van der Waals surface area (Å²) in [6.07, 6.45) is 2.22. The molecule has 10 heteroatoms. The average Bonchev–Trinajstić information content (AvgIpc) is 3.22. The average molecular weight is 356 g/mol. The third-order valence-electron chi connectivity index (χ3n) is 4.83. The molecule has 0 aromatic carbocycles. The molecule has 2 aromatic heterocycles. The molecule has 2 aliphatic rings. The van der Waals surface area contributed by atoms with E-state index in [9.17, 15) is 13.2 Å². The SMILES string of the molecule is Fc1cnc(N2CCC3(C2)CN(c2nncs2)CCC3(F)F)nc1. The Morgan fingerprint density at radius 3 is 2.46 bits per heavy atom. The van der Waals surface area contributed by atoms with Crippen molar-refractivity contribution in [2.45, 2.75) is 18.8 Å². The lowest BCUT2D eigenvalue weighted by molar-refractivity contribution is -0.124. The monoisotopic (exact) mass is 356 g/mol. The van der Waals surface area contributed by atoms with Gasteiger partial charge in [0.2, 0.25) is 11.1 Å². The number of rotatable bonds is 2. The number of hydrogen-bond acceptors (Lipinski definition) is 7. The molecule has 24 heavy (non-hydrogen) atoms. The standard InChI is InChI=1S/C14H15F3N6S/c15-10-5-18-11(19-6-10)22-3-1-13(7-22)8-23(4-2-14(13,16)17)12-21-20-9-24-12/h5-6,9H,1-4,7-8H2. The lowest BCUT2D eigenvalue weighted by Gasteiger charge is -2.45. The zero-order chi connectivity index (χ0) is 16.8. The highest BCUT2D eigenvalue weighted by Crippen LogP contribution is 2.50. The molecule has 2 fully saturated rings. The first-order valence-electron chi connectivity index (χ1n) is 7.61. The van der Waals surface area contributed by atoms with Crippen LogP contribution in [-0.4, -0.2) is 52.3 Å². The second-order valence-electron chi connectivity index (χ2n) is 6.25. The summed E-state index contributed by atoms with van der Waals surface area (Å²) in [6.45, 7) is 1.04. The number of anilines is 2. The first kappa shape index (κ1) is 15.6. The smallest absolute Gasteiger partial charge is 0.258 e. The maximum Gasteiger partial charge on any atom is 0.258 e. The topological polar surface area (TPSA) is 58.0 Å². The third kappa shape index (κ3) is 2.48. The summed E-state index contributed by atoms with van der Waals surface area (Å²) in [7, 11) is 0. The highest BCUT2D eigenvalue weighted by Gasteiger charge is 2.60. The molecule has 0 bridgehead atoms. The fourth-order valence-electron chi connectivity index (χ4n) is 3.51. The van der Waals surface area contributed by atoms with E-state index in [1.54, 1.807) is 10.4 Å². The molecular weight excluding hydrogens is 341 g/mol. The zero-order valence-electron chi connectivity index (χ0n) is 12.7. The quantitative estimate of drug-likeness (QED) is 0.822.